The van der Waals surface area contributed by atoms with Crippen LogP contribution in [0.4, 0.5) is 0 Å². The Morgan fingerprint density at radius 3 is 2.20 bits per heavy atom. The van der Waals surface area contributed by atoms with Crippen LogP contribution in [0.2, 0.25) is 0 Å². The number of nitrogens with zero attached hydrogens (tertiary/aromatic N) is 1. The van der Waals surface area contributed by atoms with E-state index in [0.29, 0.717) is 6.42 Å². The first-order chi connectivity index (χ1) is 6.72. The molecule has 0 aromatic heterocycles. The number of hydrogen-bond donors (Lipinski definition) is 1. The van der Waals surface area contributed by atoms with Crippen LogP contribution < -0.4 is 10.4 Å². The largest absolute Gasteiger partial charge is 0.548 e. The predicted octanol–water partition coefficient (Wildman–Crippen LogP) is -1.27. The van der Waals surface area contributed by atoms with Crippen LogP contribution in [0.15, 0.2) is 0 Å². The zero-order valence-electron chi connectivity index (χ0n) is 9.87. The third-order valence-electron chi connectivity index (χ3n) is 1.98. The summed E-state index contributed by atoms with van der Waals surface area (Å²) in [4.78, 5) is 21.4. The van der Waals surface area contributed by atoms with Crippen LogP contribution >= 0.6 is 0 Å². The first-order valence-corrected chi connectivity index (χ1v) is 5.01. The van der Waals surface area contributed by atoms with Crippen LogP contribution in [0.25, 0.3) is 0 Å². The summed E-state index contributed by atoms with van der Waals surface area (Å²) in [7, 11) is 6.10. The highest BCUT2D eigenvalue weighted by Gasteiger charge is 2.13. The van der Waals surface area contributed by atoms with Crippen LogP contribution in [-0.4, -0.2) is 50.1 Å². The molecule has 0 aromatic rings. The molecule has 0 aliphatic carbocycles. The summed E-state index contributed by atoms with van der Waals surface area (Å²) in [5, 5.41) is 13.0. The number of hydrogen-bond acceptors (Lipinski definition) is 3. The van der Waals surface area contributed by atoms with Gasteiger partial charge in [-0.25, -0.2) is 0 Å². The lowest BCUT2D eigenvalue weighted by Crippen LogP contribution is -2.47. The summed E-state index contributed by atoms with van der Waals surface area (Å²) >= 11 is 0. The average molecular weight is 216 g/mol. The van der Waals surface area contributed by atoms with Crippen molar-refractivity contribution in [3.05, 3.63) is 0 Å². The fraction of sp³-hybridized carbons (Fsp3) is 0.800. The highest BCUT2D eigenvalue weighted by molar-refractivity contribution is 5.80. The van der Waals surface area contributed by atoms with E-state index in [9.17, 15) is 14.7 Å². The van der Waals surface area contributed by atoms with E-state index in [2.05, 4.69) is 5.32 Å². The average Bonchev–Trinajstić information content (AvgIpc) is 1.99. The van der Waals surface area contributed by atoms with Gasteiger partial charge in [0.05, 0.1) is 39.7 Å². The highest BCUT2D eigenvalue weighted by atomic mass is 16.4. The second kappa shape index (κ2) is 5.70. The summed E-state index contributed by atoms with van der Waals surface area (Å²) < 4.78 is 0.778. The first kappa shape index (κ1) is 13.9. The van der Waals surface area contributed by atoms with Gasteiger partial charge < -0.3 is 19.7 Å². The van der Waals surface area contributed by atoms with E-state index in [-0.39, 0.29) is 5.91 Å². The quantitative estimate of drug-likeness (QED) is 0.563. The molecule has 88 valence electrons. The van der Waals surface area contributed by atoms with Gasteiger partial charge in [0, 0.05) is 6.92 Å². The lowest BCUT2D eigenvalue weighted by molar-refractivity contribution is -0.870. The molecule has 0 saturated heterocycles. The Balaban J connectivity index is 3.98. The van der Waals surface area contributed by atoms with E-state index in [4.69, 9.17) is 0 Å². The number of nitrogens with one attached hydrogen (secondary N) is 1. The maximum Gasteiger partial charge on any atom is 0.217 e. The van der Waals surface area contributed by atoms with Crippen LogP contribution in [0, 0.1) is 0 Å². The molecule has 0 bridgehead atoms. The maximum absolute atomic E-state index is 10.7. The lowest BCUT2D eigenvalue weighted by atomic mass is 10.1. The molecule has 1 atom stereocenters. The molecular weight excluding hydrogens is 196 g/mol. The number of aliphatic carboxylic acids is 1. The Morgan fingerprint density at radius 1 is 1.33 bits per heavy atom. The normalized spacial score (nSPS) is 13.3. The second-order valence-corrected chi connectivity index (χ2v) is 4.73. The Bertz CT molecular complexity index is 233. The van der Waals surface area contributed by atoms with Gasteiger partial charge in [-0.1, -0.05) is 0 Å². The molecule has 5 heteroatoms. The second-order valence-electron chi connectivity index (χ2n) is 4.73. The van der Waals surface area contributed by atoms with Crippen molar-refractivity contribution < 1.29 is 19.2 Å². The van der Waals surface area contributed by atoms with Crippen molar-refractivity contribution >= 4 is 11.9 Å². The molecule has 0 radical (unpaired) electrons. The molecule has 0 spiro atoms. The highest BCUT2D eigenvalue weighted by Crippen LogP contribution is 2.01. The van der Waals surface area contributed by atoms with Gasteiger partial charge in [0.1, 0.15) is 0 Å². The van der Waals surface area contributed by atoms with Crippen LogP contribution in [0.1, 0.15) is 19.8 Å². The van der Waals surface area contributed by atoms with E-state index < -0.39 is 12.0 Å². The summed E-state index contributed by atoms with van der Waals surface area (Å²) in [6.07, 6.45) is 1.15. The number of carboxylic acids is 1. The fourth-order valence-corrected chi connectivity index (χ4v) is 1.26. The molecule has 0 fully saturated rings. The Kier molecular flexibility index (Phi) is 5.28. The van der Waals surface area contributed by atoms with Crippen molar-refractivity contribution in [1.29, 1.82) is 0 Å². The zero-order chi connectivity index (χ0) is 12.1. The van der Waals surface area contributed by atoms with Gasteiger partial charge in [-0.15, -0.1) is 0 Å². The summed E-state index contributed by atoms with van der Waals surface area (Å²) in [6.45, 7) is 2.17. The molecule has 1 N–H and O–H groups in total. The molecule has 0 heterocycles. The molecule has 5 nitrogen and oxygen atoms in total. The lowest BCUT2D eigenvalue weighted by Gasteiger charge is -2.25. The monoisotopic (exact) mass is 216 g/mol. The van der Waals surface area contributed by atoms with Gasteiger partial charge in [0.25, 0.3) is 0 Å². The minimum absolute atomic E-state index is 0.338. The third-order valence-corrected chi connectivity index (χ3v) is 1.98. The van der Waals surface area contributed by atoms with Crippen molar-refractivity contribution in [2.75, 3.05) is 27.7 Å². The Hall–Kier alpha value is -1.10. The number of quaternary nitrogens is 1. The van der Waals surface area contributed by atoms with Crippen LogP contribution in [-0.2, 0) is 9.59 Å². The molecule has 15 heavy (non-hydrogen) atoms. The topological polar surface area (TPSA) is 69.2 Å². The van der Waals surface area contributed by atoms with Crippen molar-refractivity contribution in [2.24, 2.45) is 0 Å². The summed E-state index contributed by atoms with van der Waals surface area (Å²) in [5.41, 5.74) is 0. The van der Waals surface area contributed by atoms with Gasteiger partial charge in [-0.2, -0.15) is 0 Å². The maximum atomic E-state index is 10.7. The van der Waals surface area contributed by atoms with Gasteiger partial charge >= 0.3 is 0 Å². The predicted molar refractivity (Wildman–Crippen MR) is 54.7 cm³/mol. The van der Waals surface area contributed by atoms with Gasteiger partial charge in [0.2, 0.25) is 5.91 Å². The van der Waals surface area contributed by atoms with Gasteiger partial charge in [-0.3, -0.25) is 4.79 Å². The summed E-state index contributed by atoms with van der Waals surface area (Å²) in [6, 6.07) is -0.867. The molecule has 0 aromatic carbocycles. The number of rotatable bonds is 6. The number of carbonyl (C=O) groups is 2. The first-order valence-electron chi connectivity index (χ1n) is 5.01. The third kappa shape index (κ3) is 7.93. The molecule has 1 amide bonds. The SMILES string of the molecule is CC(=O)NC(CCC[N+](C)(C)C)C(=O)[O-]. The van der Waals surface area contributed by atoms with Gasteiger partial charge in [0.15, 0.2) is 0 Å². The summed E-state index contributed by atoms with van der Waals surface area (Å²) in [5.74, 6) is -1.55. The number of amides is 1. The fourth-order valence-electron chi connectivity index (χ4n) is 1.26. The number of carbonyl (C=O) groups excluding carboxylic acids is 2. The molecule has 0 rings (SSSR count). The van der Waals surface area contributed by atoms with E-state index in [1.54, 1.807) is 0 Å². The molecule has 1 unspecified atom stereocenters. The van der Waals surface area contributed by atoms with E-state index in [1.165, 1.54) is 6.92 Å². The van der Waals surface area contributed by atoms with Crippen molar-refractivity contribution in [2.45, 2.75) is 25.8 Å². The molecule has 0 saturated carbocycles. The van der Waals surface area contributed by atoms with Crippen molar-refractivity contribution in [3.63, 3.8) is 0 Å². The van der Waals surface area contributed by atoms with Gasteiger partial charge in [-0.05, 0) is 12.8 Å². The minimum atomic E-state index is -1.22. The van der Waals surface area contributed by atoms with E-state index in [1.807, 2.05) is 21.1 Å². The molecule has 0 aliphatic heterocycles. The van der Waals surface area contributed by atoms with Crippen molar-refractivity contribution in [3.8, 4) is 0 Å². The van der Waals surface area contributed by atoms with Crippen LogP contribution in [0.3, 0.4) is 0 Å². The smallest absolute Gasteiger partial charge is 0.217 e. The Morgan fingerprint density at radius 2 is 1.87 bits per heavy atom. The minimum Gasteiger partial charge on any atom is -0.548 e. The molecule has 0 aliphatic rings. The number of carboxylic acid groups (broad SMARTS) is 1. The standard InChI is InChI=1S/C10H20N2O3/c1-8(13)11-9(10(14)15)6-5-7-12(2,3)4/h9H,5-7H2,1-4H3,(H-,11,13,14,15). The van der Waals surface area contributed by atoms with Crippen molar-refractivity contribution in [1.82, 2.24) is 5.32 Å². The zero-order valence-corrected chi connectivity index (χ0v) is 9.87. The van der Waals surface area contributed by atoms with E-state index >= 15 is 0 Å². The van der Waals surface area contributed by atoms with E-state index in [0.717, 1.165) is 17.4 Å². The van der Waals surface area contributed by atoms with Crippen LogP contribution in [0.5, 0.6) is 0 Å². The molecular formula is C10H20N2O3. The Labute approximate surface area is 90.7 Å².